The second kappa shape index (κ2) is 8.88. The lowest BCUT2D eigenvalue weighted by Gasteiger charge is -2.20. The number of amides is 1. The Bertz CT molecular complexity index is 943. The van der Waals surface area contributed by atoms with Crippen molar-refractivity contribution in [1.82, 2.24) is 0 Å². The third kappa shape index (κ3) is 4.23. The van der Waals surface area contributed by atoms with Crippen LogP contribution in [0.3, 0.4) is 0 Å². The van der Waals surface area contributed by atoms with Crippen molar-refractivity contribution in [1.29, 1.82) is 0 Å². The number of anilines is 2. The maximum atomic E-state index is 13.0. The van der Waals surface area contributed by atoms with Gasteiger partial charge in [-0.2, -0.15) is 10.1 Å². The molecule has 0 aliphatic carbocycles. The van der Waals surface area contributed by atoms with Gasteiger partial charge in [0, 0.05) is 32.2 Å². The van der Waals surface area contributed by atoms with E-state index in [1.807, 2.05) is 36.4 Å². The molecule has 2 aromatic carbocycles. The van der Waals surface area contributed by atoms with E-state index in [2.05, 4.69) is 76.6 Å². The molecule has 0 aromatic heterocycles. The standard InChI is InChI=1S/C20H19Br3N4O/c1-4-26(5-2)15-8-6-14(7-9-15)24-18-12(3)25-27(20(18)28)19-16(22)10-13(21)11-17(19)23/h6-11H,4-5H2,1-3H3. The van der Waals surface area contributed by atoms with Crippen LogP contribution in [-0.4, -0.2) is 30.4 Å². The first kappa shape index (κ1) is 21.2. The fourth-order valence-electron chi connectivity index (χ4n) is 2.97. The van der Waals surface area contributed by atoms with Gasteiger partial charge in [0.15, 0.2) is 5.71 Å². The van der Waals surface area contributed by atoms with Gasteiger partial charge in [0.1, 0.15) is 0 Å². The zero-order chi connectivity index (χ0) is 20.4. The second-order valence-corrected chi connectivity index (χ2v) is 8.79. The van der Waals surface area contributed by atoms with Crippen molar-refractivity contribution in [3.8, 4) is 0 Å². The largest absolute Gasteiger partial charge is 0.372 e. The summed E-state index contributed by atoms with van der Waals surface area (Å²) in [5, 5.41) is 5.80. The highest BCUT2D eigenvalue weighted by molar-refractivity contribution is 9.11. The lowest BCUT2D eigenvalue weighted by Crippen LogP contribution is -2.27. The maximum absolute atomic E-state index is 13.0. The van der Waals surface area contributed by atoms with Crippen molar-refractivity contribution in [2.45, 2.75) is 20.8 Å². The molecule has 1 aliphatic rings. The molecule has 0 fully saturated rings. The van der Waals surface area contributed by atoms with Gasteiger partial charge >= 0.3 is 0 Å². The predicted molar refractivity (Wildman–Crippen MR) is 127 cm³/mol. The van der Waals surface area contributed by atoms with Crippen LogP contribution in [0.5, 0.6) is 0 Å². The number of halogens is 3. The predicted octanol–water partition coefficient (Wildman–Crippen LogP) is 6.32. The highest BCUT2D eigenvalue weighted by atomic mass is 79.9. The van der Waals surface area contributed by atoms with Gasteiger partial charge in [0.2, 0.25) is 0 Å². The van der Waals surface area contributed by atoms with Gasteiger partial charge in [-0.1, -0.05) is 15.9 Å². The van der Waals surface area contributed by atoms with Gasteiger partial charge in [-0.15, -0.1) is 0 Å². The summed E-state index contributed by atoms with van der Waals surface area (Å²) in [7, 11) is 0. The van der Waals surface area contributed by atoms with Crippen molar-refractivity contribution in [3.63, 3.8) is 0 Å². The lowest BCUT2D eigenvalue weighted by atomic mass is 10.2. The molecule has 2 aromatic rings. The van der Waals surface area contributed by atoms with Crippen molar-refractivity contribution in [2.75, 3.05) is 23.0 Å². The summed E-state index contributed by atoms with van der Waals surface area (Å²) < 4.78 is 2.40. The molecule has 1 heterocycles. The molecule has 0 N–H and O–H groups in total. The van der Waals surface area contributed by atoms with E-state index >= 15 is 0 Å². The summed E-state index contributed by atoms with van der Waals surface area (Å²) in [6, 6.07) is 11.7. The first-order chi connectivity index (χ1) is 13.3. The summed E-state index contributed by atoms with van der Waals surface area (Å²) in [5.41, 5.74) is 3.44. The van der Waals surface area contributed by atoms with E-state index in [1.54, 1.807) is 6.92 Å². The molecule has 0 saturated heterocycles. The third-order valence-corrected chi connectivity index (χ3v) is 6.07. The van der Waals surface area contributed by atoms with Crippen molar-refractivity contribution in [2.24, 2.45) is 10.1 Å². The molecule has 146 valence electrons. The molecule has 3 rings (SSSR count). The molecule has 0 spiro atoms. The Morgan fingerprint density at radius 2 is 1.61 bits per heavy atom. The van der Waals surface area contributed by atoms with Gasteiger partial charge in [-0.25, -0.2) is 4.99 Å². The average Bonchev–Trinajstić information content (AvgIpc) is 2.91. The molecule has 0 bridgehead atoms. The molecule has 0 unspecified atom stereocenters. The molecule has 1 amide bonds. The quantitative estimate of drug-likeness (QED) is 0.423. The molecule has 8 heteroatoms. The van der Waals surface area contributed by atoms with E-state index in [9.17, 15) is 4.79 Å². The van der Waals surface area contributed by atoms with Crippen LogP contribution in [0, 0.1) is 0 Å². The summed E-state index contributed by atoms with van der Waals surface area (Å²) >= 11 is 10.5. The van der Waals surface area contributed by atoms with Crippen LogP contribution < -0.4 is 9.91 Å². The van der Waals surface area contributed by atoms with Gasteiger partial charge in [-0.3, -0.25) is 4.79 Å². The summed E-state index contributed by atoms with van der Waals surface area (Å²) in [5.74, 6) is -0.256. The van der Waals surface area contributed by atoms with Gasteiger partial charge in [0.05, 0.1) is 17.1 Å². The van der Waals surface area contributed by atoms with Gasteiger partial charge in [0.25, 0.3) is 5.91 Å². The highest BCUT2D eigenvalue weighted by Gasteiger charge is 2.33. The van der Waals surface area contributed by atoms with E-state index in [1.165, 1.54) is 5.01 Å². The van der Waals surface area contributed by atoms with Crippen molar-refractivity contribution >= 4 is 82.2 Å². The minimum atomic E-state index is -0.256. The fraction of sp³-hybridized carbons (Fsp3) is 0.250. The molecule has 28 heavy (non-hydrogen) atoms. The number of hydrazone groups is 1. The van der Waals surface area contributed by atoms with E-state index in [-0.39, 0.29) is 5.91 Å². The fourth-order valence-corrected chi connectivity index (χ4v) is 5.57. The zero-order valence-corrected chi connectivity index (χ0v) is 20.5. The topological polar surface area (TPSA) is 48.3 Å². The van der Waals surface area contributed by atoms with Crippen LogP contribution in [-0.2, 0) is 4.79 Å². The van der Waals surface area contributed by atoms with E-state index < -0.39 is 0 Å². The lowest BCUT2D eigenvalue weighted by molar-refractivity contribution is -0.112. The first-order valence-corrected chi connectivity index (χ1v) is 11.2. The number of hydrogen-bond acceptors (Lipinski definition) is 4. The van der Waals surface area contributed by atoms with Crippen molar-refractivity contribution < 1.29 is 4.79 Å². The summed E-state index contributed by atoms with van der Waals surface area (Å²) in [4.78, 5) is 19.8. The number of aliphatic imine (C=N–C) groups is 1. The molecule has 5 nitrogen and oxygen atoms in total. The third-order valence-electron chi connectivity index (χ3n) is 4.40. The Hall–Kier alpha value is -1.51. The van der Waals surface area contributed by atoms with Crippen molar-refractivity contribution in [3.05, 3.63) is 49.8 Å². The molecular formula is C20H19Br3N4O. The molecule has 0 atom stereocenters. The van der Waals surface area contributed by atoms with Gasteiger partial charge < -0.3 is 4.90 Å². The Morgan fingerprint density at radius 1 is 1.04 bits per heavy atom. The smallest absolute Gasteiger partial charge is 0.299 e. The Balaban J connectivity index is 1.91. The van der Waals surface area contributed by atoms with Crippen LogP contribution in [0.15, 0.2) is 59.9 Å². The van der Waals surface area contributed by atoms with Crippen LogP contribution in [0.25, 0.3) is 0 Å². The normalized spacial score (nSPS) is 15.4. The maximum Gasteiger partial charge on any atom is 0.299 e. The van der Waals surface area contributed by atoms with Gasteiger partial charge in [-0.05, 0) is 89.0 Å². The number of hydrogen-bond donors (Lipinski definition) is 0. The number of nitrogens with zero attached hydrogens (tertiary/aromatic N) is 4. The molecule has 0 saturated carbocycles. The van der Waals surface area contributed by atoms with E-state index in [0.717, 1.165) is 37.9 Å². The monoisotopic (exact) mass is 568 g/mol. The zero-order valence-electron chi connectivity index (χ0n) is 15.7. The second-order valence-electron chi connectivity index (χ2n) is 6.17. The number of rotatable bonds is 5. The highest BCUT2D eigenvalue weighted by Crippen LogP contribution is 2.38. The Kier molecular flexibility index (Phi) is 6.73. The minimum absolute atomic E-state index is 0.256. The Labute approximate surface area is 189 Å². The van der Waals surface area contributed by atoms with E-state index in [4.69, 9.17) is 0 Å². The number of carbonyl (C=O) groups is 1. The number of carbonyl (C=O) groups excluding carboxylic acids is 1. The molecule has 1 aliphatic heterocycles. The van der Waals surface area contributed by atoms with Crippen LogP contribution in [0.1, 0.15) is 20.8 Å². The van der Waals surface area contributed by atoms with Crippen LogP contribution in [0.4, 0.5) is 17.1 Å². The molecular weight excluding hydrogens is 552 g/mol. The minimum Gasteiger partial charge on any atom is -0.372 e. The summed E-state index contributed by atoms with van der Waals surface area (Å²) in [6.07, 6.45) is 0. The number of benzene rings is 2. The summed E-state index contributed by atoms with van der Waals surface area (Å²) in [6.45, 7) is 7.94. The SMILES string of the molecule is CCN(CC)c1ccc(N=C2C(=O)N(c3c(Br)cc(Br)cc3Br)N=C2C)cc1. The van der Waals surface area contributed by atoms with E-state index in [0.29, 0.717) is 17.1 Å². The molecule has 0 radical (unpaired) electrons. The van der Waals surface area contributed by atoms with Crippen LogP contribution in [0.2, 0.25) is 0 Å². The Morgan fingerprint density at radius 3 is 2.14 bits per heavy atom. The van der Waals surface area contributed by atoms with Crippen LogP contribution >= 0.6 is 47.8 Å². The average molecular weight is 571 g/mol. The first-order valence-electron chi connectivity index (χ1n) is 8.84.